The molecule has 0 aliphatic rings. The van der Waals surface area contributed by atoms with E-state index in [1.54, 1.807) is 0 Å². The monoisotopic (exact) mass is 174 g/mol. The molecule has 0 rings (SSSR count). The lowest BCUT2D eigenvalue weighted by Gasteiger charge is -2.07. The van der Waals surface area contributed by atoms with Gasteiger partial charge in [0, 0.05) is 6.42 Å². The smallest absolute Gasteiger partial charge is 0.260 e. The minimum Gasteiger partial charge on any atom is -0.320 e. The second-order valence-electron chi connectivity index (χ2n) is 2.68. The number of ketones is 1. The van der Waals surface area contributed by atoms with Crippen molar-refractivity contribution in [2.75, 3.05) is 0 Å². The zero-order valence-electron chi connectivity index (χ0n) is 7.04. The Hall–Kier alpha value is -0.940. The number of amides is 1. The molecule has 0 aromatic heterocycles. The number of hydrogen-bond acceptors (Lipinski definition) is 4. The largest absolute Gasteiger partial charge is 0.320 e. The first-order valence-corrected chi connectivity index (χ1v) is 3.77. The van der Waals surface area contributed by atoms with Crippen molar-refractivity contribution in [2.24, 2.45) is 5.73 Å². The number of Topliss-reactive ketones (excluding diaryl/α,β-unsaturated/α-hetero) is 1. The molecule has 0 fully saturated rings. The summed E-state index contributed by atoms with van der Waals surface area (Å²) in [5, 5.41) is 8.17. The number of hydroxylamine groups is 1. The maximum atomic E-state index is 10.6. The third-order valence-electron chi connectivity index (χ3n) is 1.49. The Bertz CT molecular complexity index is 170. The third kappa shape index (κ3) is 4.81. The van der Waals surface area contributed by atoms with Crippen LogP contribution in [0.1, 0.15) is 26.2 Å². The van der Waals surface area contributed by atoms with Gasteiger partial charge in [0.15, 0.2) is 0 Å². The fraction of sp³-hybridized carbons (Fsp3) is 0.714. The lowest BCUT2D eigenvalue weighted by molar-refractivity contribution is -0.130. The van der Waals surface area contributed by atoms with Gasteiger partial charge in [-0.15, -0.1) is 0 Å². The van der Waals surface area contributed by atoms with Gasteiger partial charge in [-0.05, 0) is 19.8 Å². The van der Waals surface area contributed by atoms with Gasteiger partial charge in [0.25, 0.3) is 5.91 Å². The first-order valence-electron chi connectivity index (χ1n) is 3.77. The van der Waals surface area contributed by atoms with Crippen molar-refractivity contribution in [1.29, 1.82) is 0 Å². The van der Waals surface area contributed by atoms with E-state index in [0.29, 0.717) is 19.3 Å². The molecule has 0 spiro atoms. The highest BCUT2D eigenvalue weighted by Gasteiger charge is 2.11. The van der Waals surface area contributed by atoms with Gasteiger partial charge in [-0.1, -0.05) is 0 Å². The normalized spacial score (nSPS) is 12.2. The van der Waals surface area contributed by atoms with E-state index in [1.165, 1.54) is 12.4 Å². The van der Waals surface area contributed by atoms with Crippen LogP contribution < -0.4 is 11.2 Å². The topological polar surface area (TPSA) is 92.4 Å². The summed E-state index contributed by atoms with van der Waals surface area (Å²) in [6.07, 6.45) is 1.41. The predicted octanol–water partition coefficient (Wildman–Crippen LogP) is -0.422. The minimum atomic E-state index is -0.727. The van der Waals surface area contributed by atoms with Gasteiger partial charge in [0.2, 0.25) is 0 Å². The van der Waals surface area contributed by atoms with Crippen molar-refractivity contribution in [3.05, 3.63) is 0 Å². The van der Waals surface area contributed by atoms with Crippen LogP contribution in [0.2, 0.25) is 0 Å². The molecule has 1 unspecified atom stereocenters. The van der Waals surface area contributed by atoms with Crippen molar-refractivity contribution in [2.45, 2.75) is 32.2 Å². The van der Waals surface area contributed by atoms with Gasteiger partial charge >= 0.3 is 0 Å². The third-order valence-corrected chi connectivity index (χ3v) is 1.49. The molecule has 0 heterocycles. The summed E-state index contributed by atoms with van der Waals surface area (Å²) in [7, 11) is 0. The van der Waals surface area contributed by atoms with Crippen LogP contribution >= 0.6 is 0 Å². The first kappa shape index (κ1) is 11.1. The van der Waals surface area contributed by atoms with Crippen LogP contribution in [0.3, 0.4) is 0 Å². The summed E-state index contributed by atoms with van der Waals surface area (Å²) in [5.41, 5.74) is 6.78. The molecule has 0 aromatic rings. The van der Waals surface area contributed by atoms with Crippen LogP contribution in [-0.4, -0.2) is 22.9 Å². The summed E-state index contributed by atoms with van der Waals surface area (Å²) >= 11 is 0. The van der Waals surface area contributed by atoms with Crippen LogP contribution in [0.5, 0.6) is 0 Å². The standard InChI is InChI=1S/C7H14N2O3/c1-5(10)3-2-4-6(8)7(11)9-12/h6,12H,2-4,8H2,1H3,(H,9,11). The summed E-state index contributed by atoms with van der Waals surface area (Å²) in [6, 6.07) is -0.727. The predicted molar refractivity (Wildman–Crippen MR) is 42.4 cm³/mol. The maximum absolute atomic E-state index is 10.6. The van der Waals surface area contributed by atoms with Crippen LogP contribution in [0.25, 0.3) is 0 Å². The van der Waals surface area contributed by atoms with Crippen molar-refractivity contribution < 1.29 is 14.8 Å². The highest BCUT2D eigenvalue weighted by Crippen LogP contribution is 1.99. The number of carbonyl (C=O) groups excluding carboxylic acids is 2. The van der Waals surface area contributed by atoms with E-state index in [-0.39, 0.29) is 5.78 Å². The Kier molecular flexibility index (Phi) is 5.23. The second-order valence-corrected chi connectivity index (χ2v) is 2.68. The zero-order chi connectivity index (χ0) is 9.56. The molecule has 0 saturated carbocycles. The number of nitrogens with two attached hydrogens (primary N) is 1. The van der Waals surface area contributed by atoms with Gasteiger partial charge < -0.3 is 10.5 Å². The van der Waals surface area contributed by atoms with Crippen molar-refractivity contribution in [3.63, 3.8) is 0 Å². The molecule has 1 atom stereocenters. The Morgan fingerprint density at radius 2 is 2.17 bits per heavy atom. The SMILES string of the molecule is CC(=O)CCCC(N)C(=O)NO. The lowest BCUT2D eigenvalue weighted by atomic mass is 10.1. The van der Waals surface area contributed by atoms with Gasteiger partial charge in [0.1, 0.15) is 5.78 Å². The molecule has 1 amide bonds. The van der Waals surface area contributed by atoms with Crippen molar-refractivity contribution in [3.8, 4) is 0 Å². The molecule has 5 heteroatoms. The second kappa shape index (κ2) is 5.68. The molecule has 0 aliphatic carbocycles. The van der Waals surface area contributed by atoms with Gasteiger partial charge in [-0.3, -0.25) is 10.0 Å². The average molecular weight is 174 g/mol. The molecule has 0 saturated heterocycles. The molecule has 0 bridgehead atoms. The van der Waals surface area contributed by atoms with Gasteiger partial charge in [0.05, 0.1) is 6.04 Å². The van der Waals surface area contributed by atoms with Crippen LogP contribution in [0.4, 0.5) is 0 Å². The van der Waals surface area contributed by atoms with E-state index in [2.05, 4.69) is 0 Å². The lowest BCUT2D eigenvalue weighted by Crippen LogP contribution is -2.38. The molecule has 5 nitrogen and oxygen atoms in total. The number of nitrogens with one attached hydrogen (secondary N) is 1. The minimum absolute atomic E-state index is 0.0756. The molecular formula is C7H14N2O3. The number of hydrogen-bond donors (Lipinski definition) is 3. The van der Waals surface area contributed by atoms with E-state index >= 15 is 0 Å². The average Bonchev–Trinajstić information content (AvgIpc) is 2.02. The summed E-state index contributed by atoms with van der Waals surface area (Å²) in [5.74, 6) is -0.537. The Labute approximate surface area is 70.9 Å². The highest BCUT2D eigenvalue weighted by molar-refractivity contribution is 5.80. The van der Waals surface area contributed by atoms with E-state index in [1.807, 2.05) is 0 Å². The summed E-state index contributed by atoms with van der Waals surface area (Å²) in [6.45, 7) is 1.48. The Morgan fingerprint density at radius 3 is 2.58 bits per heavy atom. The van der Waals surface area contributed by atoms with E-state index in [0.717, 1.165) is 0 Å². The van der Waals surface area contributed by atoms with Gasteiger partial charge in [-0.2, -0.15) is 0 Å². The van der Waals surface area contributed by atoms with Crippen molar-refractivity contribution >= 4 is 11.7 Å². The van der Waals surface area contributed by atoms with Crippen molar-refractivity contribution in [1.82, 2.24) is 5.48 Å². The number of carbonyl (C=O) groups is 2. The highest BCUT2D eigenvalue weighted by atomic mass is 16.5. The quantitative estimate of drug-likeness (QED) is 0.390. The molecule has 12 heavy (non-hydrogen) atoms. The van der Waals surface area contributed by atoms with Crippen LogP contribution in [0, 0.1) is 0 Å². The molecule has 0 aliphatic heterocycles. The molecule has 4 N–H and O–H groups in total. The van der Waals surface area contributed by atoms with Crippen LogP contribution in [-0.2, 0) is 9.59 Å². The Morgan fingerprint density at radius 1 is 1.58 bits per heavy atom. The maximum Gasteiger partial charge on any atom is 0.260 e. The van der Waals surface area contributed by atoms with Gasteiger partial charge in [-0.25, -0.2) is 5.48 Å². The summed E-state index contributed by atoms with van der Waals surface area (Å²) in [4.78, 5) is 21.1. The first-order chi connectivity index (χ1) is 5.57. The molecule has 0 aromatic carbocycles. The van der Waals surface area contributed by atoms with E-state index < -0.39 is 11.9 Å². The fourth-order valence-corrected chi connectivity index (χ4v) is 0.785. The van der Waals surface area contributed by atoms with E-state index in [9.17, 15) is 9.59 Å². The molecule has 0 radical (unpaired) electrons. The Balaban J connectivity index is 3.50. The van der Waals surface area contributed by atoms with Crippen LogP contribution in [0.15, 0.2) is 0 Å². The zero-order valence-corrected chi connectivity index (χ0v) is 7.04. The van der Waals surface area contributed by atoms with E-state index in [4.69, 9.17) is 10.9 Å². The number of rotatable bonds is 5. The summed E-state index contributed by atoms with van der Waals surface area (Å²) < 4.78 is 0. The molecular weight excluding hydrogens is 160 g/mol. The fourth-order valence-electron chi connectivity index (χ4n) is 0.785. The molecule has 70 valence electrons.